The van der Waals surface area contributed by atoms with Gasteiger partial charge < -0.3 is 18.9 Å². The van der Waals surface area contributed by atoms with Crippen LogP contribution >= 0.6 is 23.5 Å². The van der Waals surface area contributed by atoms with E-state index < -0.39 is 0 Å². The van der Waals surface area contributed by atoms with Gasteiger partial charge in [0.15, 0.2) is 0 Å². The average Bonchev–Trinajstić information content (AvgIpc) is 4.01. The first-order valence-electron chi connectivity index (χ1n) is 25.5. The number of benzene rings is 11. The standard InChI is InChI=1S/C66H40B2N4S2/c1-5-19-41(20-6-1)69(42-21-7-2-8-22-42)45-35-57-63-61(37-45)73-59-33-15-13-29-51(59)67(63)53-31-17-27-47-49-40-56-50(39-55(49)71(57)65(47)53)48-28-18-32-54-66(48)72(56)58-36-46(38-62-64(58)68(54)52-30-14-16-34-60(52)74-62)70(43-23-9-3-10-24-43)44-25-11-4-12-26-44/h1-40H. The van der Waals surface area contributed by atoms with Crippen molar-refractivity contribution in [3.05, 3.63) is 243 Å². The SMILES string of the molecule is c1ccc(N(c2ccccc2)c2cc3c4c(c2)-n2c5cc6c7cccc8c7n(c6cc5c5cccc(c52)B4c2ccccc2S3)-c2cc(N(c3ccccc3)c3ccccc3)cc3c2B8c2ccccc2S3)cc1. The first-order chi connectivity index (χ1) is 36.7. The second-order valence-corrected chi connectivity index (χ2v) is 22.1. The smallest absolute Gasteiger partial charge is 0.249 e. The molecule has 342 valence electrons. The molecular formula is C66H40B2N4S2. The number of para-hydroxylation sites is 6. The third kappa shape index (κ3) is 5.64. The van der Waals surface area contributed by atoms with Gasteiger partial charge in [-0.1, -0.05) is 180 Å². The second kappa shape index (κ2) is 15.5. The van der Waals surface area contributed by atoms with Crippen LogP contribution in [0.5, 0.6) is 0 Å². The van der Waals surface area contributed by atoms with Crippen molar-refractivity contribution in [1.29, 1.82) is 0 Å². The summed E-state index contributed by atoms with van der Waals surface area (Å²) in [7, 11) is 0. The molecule has 4 nitrogen and oxygen atoms in total. The Balaban J connectivity index is 0.977. The van der Waals surface area contributed by atoms with Crippen molar-refractivity contribution in [3.8, 4) is 11.4 Å². The summed E-state index contributed by atoms with van der Waals surface area (Å²) in [5.41, 5.74) is 22.6. The first kappa shape index (κ1) is 41.0. The van der Waals surface area contributed by atoms with Crippen LogP contribution < -0.4 is 42.6 Å². The largest absolute Gasteiger partial charge is 0.310 e. The predicted molar refractivity (Wildman–Crippen MR) is 315 cm³/mol. The number of fused-ring (bicyclic) bond motifs is 14. The molecule has 0 aliphatic carbocycles. The molecule has 4 aliphatic heterocycles. The van der Waals surface area contributed by atoms with Crippen molar-refractivity contribution in [2.75, 3.05) is 9.80 Å². The van der Waals surface area contributed by atoms with Crippen molar-refractivity contribution < 1.29 is 0 Å². The third-order valence-corrected chi connectivity index (χ3v) is 18.4. The molecule has 0 N–H and O–H groups in total. The summed E-state index contributed by atoms with van der Waals surface area (Å²) in [4.78, 5) is 10.1. The fraction of sp³-hybridized carbons (Fsp3) is 0. The van der Waals surface area contributed by atoms with Gasteiger partial charge in [-0.05, 0) is 119 Å². The topological polar surface area (TPSA) is 16.3 Å². The summed E-state index contributed by atoms with van der Waals surface area (Å²) in [6, 6.07) is 90.6. The van der Waals surface area contributed by atoms with Gasteiger partial charge in [-0.3, -0.25) is 0 Å². The molecule has 6 heterocycles. The zero-order chi connectivity index (χ0) is 48.2. The lowest BCUT2D eigenvalue weighted by molar-refractivity contribution is 1.15. The molecule has 0 amide bonds. The van der Waals surface area contributed by atoms with Crippen molar-refractivity contribution in [2.45, 2.75) is 19.6 Å². The molecule has 74 heavy (non-hydrogen) atoms. The maximum Gasteiger partial charge on any atom is 0.249 e. The van der Waals surface area contributed by atoms with E-state index in [0.717, 1.165) is 34.1 Å². The zero-order valence-electron chi connectivity index (χ0n) is 39.9. The normalized spacial score (nSPS) is 13.2. The molecule has 17 rings (SSSR count). The lowest BCUT2D eigenvalue weighted by atomic mass is 9.35. The molecule has 11 aromatic carbocycles. The van der Waals surface area contributed by atoms with Crippen LogP contribution in [0.3, 0.4) is 0 Å². The van der Waals surface area contributed by atoms with Gasteiger partial charge in [-0.2, -0.15) is 0 Å². The molecule has 8 heteroatoms. The Morgan fingerprint density at radius 2 is 0.635 bits per heavy atom. The molecule has 0 fully saturated rings. The van der Waals surface area contributed by atoms with E-state index >= 15 is 0 Å². The highest BCUT2D eigenvalue weighted by Crippen LogP contribution is 2.47. The minimum Gasteiger partial charge on any atom is -0.310 e. The Bertz CT molecular complexity index is 4150. The molecule has 0 bridgehead atoms. The summed E-state index contributed by atoms with van der Waals surface area (Å²) in [6.07, 6.45) is 0. The molecule has 0 radical (unpaired) electrons. The molecule has 0 saturated heterocycles. The highest BCUT2D eigenvalue weighted by molar-refractivity contribution is 8.00. The number of rotatable bonds is 6. The van der Waals surface area contributed by atoms with Gasteiger partial charge in [-0.15, -0.1) is 0 Å². The lowest BCUT2D eigenvalue weighted by Gasteiger charge is -2.35. The predicted octanol–water partition coefficient (Wildman–Crippen LogP) is 13.4. The zero-order valence-corrected chi connectivity index (χ0v) is 41.5. The van der Waals surface area contributed by atoms with Gasteiger partial charge in [-0.25, -0.2) is 0 Å². The summed E-state index contributed by atoms with van der Waals surface area (Å²) >= 11 is 3.82. The van der Waals surface area contributed by atoms with Crippen LogP contribution in [0.2, 0.25) is 0 Å². The molecule has 0 atom stereocenters. The van der Waals surface area contributed by atoms with E-state index in [0.29, 0.717) is 0 Å². The highest BCUT2D eigenvalue weighted by Gasteiger charge is 2.42. The van der Waals surface area contributed by atoms with Crippen LogP contribution in [0.25, 0.3) is 55.0 Å². The van der Waals surface area contributed by atoms with Gasteiger partial charge in [0.05, 0.1) is 11.0 Å². The number of hydrogen-bond donors (Lipinski definition) is 0. The van der Waals surface area contributed by atoms with Crippen LogP contribution in [-0.2, 0) is 0 Å². The van der Waals surface area contributed by atoms with E-state index in [1.807, 2.05) is 23.5 Å². The molecule has 0 spiro atoms. The van der Waals surface area contributed by atoms with Crippen molar-refractivity contribution in [3.63, 3.8) is 0 Å². The Labute approximate surface area is 437 Å². The number of anilines is 6. The Morgan fingerprint density at radius 1 is 0.284 bits per heavy atom. The van der Waals surface area contributed by atoms with Crippen LogP contribution in [0, 0.1) is 0 Å². The Kier molecular flexibility index (Phi) is 8.57. The minimum absolute atomic E-state index is 0.0925. The fourth-order valence-electron chi connectivity index (χ4n) is 13.2. The third-order valence-electron chi connectivity index (χ3n) is 16.1. The monoisotopic (exact) mass is 974 g/mol. The van der Waals surface area contributed by atoms with Crippen molar-refractivity contribution in [2.24, 2.45) is 0 Å². The van der Waals surface area contributed by atoms with Crippen LogP contribution in [0.4, 0.5) is 34.1 Å². The number of nitrogens with zero attached hydrogens (tertiary/aromatic N) is 4. The van der Waals surface area contributed by atoms with E-state index in [9.17, 15) is 0 Å². The maximum absolute atomic E-state index is 2.64. The molecule has 0 unspecified atom stereocenters. The van der Waals surface area contributed by atoms with E-state index in [4.69, 9.17) is 0 Å². The molecule has 0 saturated carbocycles. The van der Waals surface area contributed by atoms with E-state index in [-0.39, 0.29) is 13.4 Å². The number of hydrogen-bond acceptors (Lipinski definition) is 4. The maximum atomic E-state index is 2.64. The molecule has 4 aliphatic rings. The second-order valence-electron chi connectivity index (χ2n) is 20.0. The van der Waals surface area contributed by atoms with Crippen LogP contribution in [0.15, 0.2) is 262 Å². The van der Waals surface area contributed by atoms with Crippen LogP contribution in [0.1, 0.15) is 0 Å². The van der Waals surface area contributed by atoms with Crippen LogP contribution in [-0.4, -0.2) is 22.6 Å². The summed E-state index contributed by atoms with van der Waals surface area (Å²) < 4.78 is 5.28. The van der Waals surface area contributed by atoms with E-state index in [1.54, 1.807) is 0 Å². The van der Waals surface area contributed by atoms with E-state index in [2.05, 4.69) is 262 Å². The molecular weight excluding hydrogens is 935 g/mol. The quantitative estimate of drug-likeness (QED) is 0.154. The van der Waals surface area contributed by atoms with Gasteiger partial charge in [0.2, 0.25) is 13.4 Å². The molecule has 13 aromatic rings. The van der Waals surface area contributed by atoms with Gasteiger partial charge in [0, 0.05) is 97.7 Å². The Hall–Kier alpha value is -8.55. The average molecular weight is 975 g/mol. The Morgan fingerprint density at radius 3 is 1.03 bits per heavy atom. The summed E-state index contributed by atoms with van der Waals surface area (Å²) in [6.45, 7) is 0.185. The van der Waals surface area contributed by atoms with Gasteiger partial charge in [0.25, 0.3) is 0 Å². The molecule has 2 aromatic heterocycles. The van der Waals surface area contributed by atoms with E-state index in [1.165, 1.54) is 107 Å². The summed E-state index contributed by atoms with van der Waals surface area (Å²) in [5.74, 6) is 0. The first-order valence-corrected chi connectivity index (χ1v) is 27.1. The minimum atomic E-state index is 0.0925. The fourth-order valence-corrected chi connectivity index (χ4v) is 15.6. The van der Waals surface area contributed by atoms with Crippen molar-refractivity contribution in [1.82, 2.24) is 9.13 Å². The number of aromatic nitrogens is 2. The van der Waals surface area contributed by atoms with Crippen molar-refractivity contribution >= 4 is 147 Å². The highest BCUT2D eigenvalue weighted by atomic mass is 32.2. The van der Waals surface area contributed by atoms with Gasteiger partial charge >= 0.3 is 0 Å². The van der Waals surface area contributed by atoms with Gasteiger partial charge in [0.1, 0.15) is 0 Å². The summed E-state index contributed by atoms with van der Waals surface area (Å²) in [5, 5.41) is 5.09. The lowest BCUT2D eigenvalue weighted by Crippen LogP contribution is -2.58.